The first-order valence-electron chi connectivity index (χ1n) is 7.77. The molecule has 0 saturated heterocycles. The molecule has 1 aromatic carbocycles. The number of aliphatic hydroxyl groups is 1. The number of anilines is 2. The molecule has 6 heteroatoms. The van der Waals surface area contributed by atoms with Gasteiger partial charge in [0.15, 0.2) is 0 Å². The van der Waals surface area contributed by atoms with Crippen molar-refractivity contribution in [3.05, 3.63) is 66.5 Å². The second kappa shape index (κ2) is 8.03. The molecule has 0 aliphatic rings. The summed E-state index contributed by atoms with van der Waals surface area (Å²) in [7, 11) is 0. The number of hydrogen-bond donors (Lipinski definition) is 3. The topological polar surface area (TPSA) is 83.0 Å². The number of rotatable bonds is 7. The maximum Gasteiger partial charge on any atom is 0.225 e. The number of aromatic nitrogens is 3. The van der Waals surface area contributed by atoms with Gasteiger partial charge in [-0.25, -0.2) is 4.98 Å². The van der Waals surface area contributed by atoms with Gasteiger partial charge in [-0.1, -0.05) is 36.4 Å². The molecule has 2 heterocycles. The summed E-state index contributed by atoms with van der Waals surface area (Å²) in [5.41, 5.74) is 2.90. The third-order valence-corrected chi connectivity index (χ3v) is 3.39. The highest BCUT2D eigenvalue weighted by Crippen LogP contribution is 2.21. The van der Waals surface area contributed by atoms with Crippen molar-refractivity contribution in [1.82, 2.24) is 15.0 Å². The summed E-state index contributed by atoms with van der Waals surface area (Å²) < 4.78 is 0. The molecule has 3 N–H and O–H groups in total. The minimum atomic E-state index is 0.0252. The Hall–Kier alpha value is -2.99. The minimum Gasteiger partial charge on any atom is -0.395 e. The van der Waals surface area contributed by atoms with Crippen LogP contribution in [0.5, 0.6) is 0 Å². The van der Waals surface area contributed by atoms with E-state index in [1.807, 2.05) is 54.7 Å². The smallest absolute Gasteiger partial charge is 0.225 e. The first kappa shape index (κ1) is 15.9. The lowest BCUT2D eigenvalue weighted by Crippen LogP contribution is -2.11. The van der Waals surface area contributed by atoms with Crippen LogP contribution in [0.3, 0.4) is 0 Å². The van der Waals surface area contributed by atoms with E-state index in [0.717, 1.165) is 16.8 Å². The molecule has 0 bridgehead atoms. The van der Waals surface area contributed by atoms with Gasteiger partial charge in [-0.2, -0.15) is 4.98 Å². The quantitative estimate of drug-likeness (QED) is 0.620. The van der Waals surface area contributed by atoms with Crippen LogP contribution in [-0.4, -0.2) is 33.2 Å². The van der Waals surface area contributed by atoms with Crippen LogP contribution in [0.25, 0.3) is 11.3 Å². The Bertz CT molecular complexity index is 765. The average molecular weight is 321 g/mol. The van der Waals surface area contributed by atoms with E-state index >= 15 is 0 Å². The van der Waals surface area contributed by atoms with Gasteiger partial charge in [0.05, 0.1) is 12.3 Å². The summed E-state index contributed by atoms with van der Waals surface area (Å²) in [5.74, 6) is 1.20. The molecule has 3 rings (SSSR count). The molecule has 122 valence electrons. The third-order valence-electron chi connectivity index (χ3n) is 3.39. The third kappa shape index (κ3) is 4.27. The molecule has 0 saturated carbocycles. The number of hydrogen-bond acceptors (Lipinski definition) is 6. The minimum absolute atomic E-state index is 0.0252. The van der Waals surface area contributed by atoms with E-state index in [1.165, 1.54) is 0 Å². The average Bonchev–Trinajstić information content (AvgIpc) is 2.66. The van der Waals surface area contributed by atoms with Crippen LogP contribution in [0.4, 0.5) is 11.8 Å². The lowest BCUT2D eigenvalue weighted by Gasteiger charge is -2.11. The van der Waals surface area contributed by atoms with Crippen molar-refractivity contribution in [3.8, 4) is 11.3 Å². The van der Waals surface area contributed by atoms with Gasteiger partial charge in [0.25, 0.3) is 0 Å². The summed E-state index contributed by atoms with van der Waals surface area (Å²) >= 11 is 0. The molecule has 24 heavy (non-hydrogen) atoms. The largest absolute Gasteiger partial charge is 0.395 e. The predicted octanol–water partition coefficient (Wildman–Crippen LogP) is 2.55. The van der Waals surface area contributed by atoms with Crippen molar-refractivity contribution in [2.24, 2.45) is 0 Å². The van der Waals surface area contributed by atoms with E-state index < -0.39 is 0 Å². The first-order valence-corrected chi connectivity index (χ1v) is 7.77. The Morgan fingerprint density at radius 1 is 0.958 bits per heavy atom. The van der Waals surface area contributed by atoms with Gasteiger partial charge in [0.2, 0.25) is 5.95 Å². The fourth-order valence-corrected chi connectivity index (χ4v) is 2.24. The van der Waals surface area contributed by atoms with Crippen LogP contribution < -0.4 is 10.6 Å². The van der Waals surface area contributed by atoms with Crippen LogP contribution in [-0.2, 0) is 6.54 Å². The maximum absolute atomic E-state index is 8.99. The Kier molecular flexibility index (Phi) is 5.32. The molecule has 0 atom stereocenters. The van der Waals surface area contributed by atoms with Gasteiger partial charge in [-0.05, 0) is 11.6 Å². The second-order valence-corrected chi connectivity index (χ2v) is 5.19. The Balaban J connectivity index is 1.84. The number of aliphatic hydroxyl groups excluding tert-OH is 1. The molecule has 0 unspecified atom stereocenters. The molecule has 2 aromatic heterocycles. The highest BCUT2D eigenvalue weighted by molar-refractivity contribution is 5.64. The highest BCUT2D eigenvalue weighted by Gasteiger charge is 2.06. The Morgan fingerprint density at radius 2 is 1.83 bits per heavy atom. The lowest BCUT2D eigenvalue weighted by atomic mass is 10.1. The molecule has 3 aromatic rings. The van der Waals surface area contributed by atoms with Gasteiger partial charge >= 0.3 is 0 Å². The van der Waals surface area contributed by atoms with E-state index in [4.69, 9.17) is 5.11 Å². The fraction of sp³-hybridized carbons (Fsp3) is 0.167. The number of pyridine rings is 1. The predicted molar refractivity (Wildman–Crippen MR) is 94.6 cm³/mol. The normalized spacial score (nSPS) is 10.4. The van der Waals surface area contributed by atoms with E-state index in [9.17, 15) is 0 Å². The van der Waals surface area contributed by atoms with Gasteiger partial charge < -0.3 is 15.7 Å². The zero-order chi connectivity index (χ0) is 16.6. The van der Waals surface area contributed by atoms with Crippen molar-refractivity contribution in [1.29, 1.82) is 0 Å². The Morgan fingerprint density at radius 3 is 2.58 bits per heavy atom. The fourth-order valence-electron chi connectivity index (χ4n) is 2.24. The highest BCUT2D eigenvalue weighted by atomic mass is 16.3. The van der Waals surface area contributed by atoms with Crippen molar-refractivity contribution in [3.63, 3.8) is 0 Å². The van der Waals surface area contributed by atoms with Gasteiger partial charge in [-0.15, -0.1) is 0 Å². The van der Waals surface area contributed by atoms with Gasteiger partial charge in [-0.3, -0.25) is 4.98 Å². The maximum atomic E-state index is 8.99. The van der Waals surface area contributed by atoms with Crippen LogP contribution in [0, 0.1) is 0 Å². The summed E-state index contributed by atoms with van der Waals surface area (Å²) in [6, 6.07) is 15.7. The standard InChI is InChI=1S/C18H19N5O/c24-10-9-20-18-22-16(15-6-2-1-3-7-15)11-17(23-18)21-13-14-5-4-8-19-12-14/h1-8,11-12,24H,9-10,13H2,(H2,20,21,22,23). The molecule has 6 nitrogen and oxygen atoms in total. The van der Waals surface area contributed by atoms with Crippen LogP contribution in [0.2, 0.25) is 0 Å². The molecular formula is C18H19N5O. The molecule has 0 fully saturated rings. The summed E-state index contributed by atoms with van der Waals surface area (Å²) in [6.45, 7) is 1.05. The molecule has 0 amide bonds. The first-order chi connectivity index (χ1) is 11.8. The van der Waals surface area contributed by atoms with Crippen LogP contribution in [0.1, 0.15) is 5.56 Å². The zero-order valence-corrected chi connectivity index (χ0v) is 13.2. The SMILES string of the molecule is OCCNc1nc(NCc2cccnc2)cc(-c2ccccc2)n1. The van der Waals surface area contributed by atoms with Crippen molar-refractivity contribution < 1.29 is 5.11 Å². The molecular weight excluding hydrogens is 302 g/mol. The van der Waals surface area contributed by atoms with Gasteiger partial charge in [0, 0.05) is 37.1 Å². The van der Waals surface area contributed by atoms with E-state index in [2.05, 4.69) is 25.6 Å². The monoisotopic (exact) mass is 321 g/mol. The second-order valence-electron chi connectivity index (χ2n) is 5.19. The van der Waals surface area contributed by atoms with Crippen LogP contribution >= 0.6 is 0 Å². The number of nitrogens with zero attached hydrogens (tertiary/aromatic N) is 3. The van der Waals surface area contributed by atoms with Crippen molar-refractivity contribution in [2.75, 3.05) is 23.8 Å². The van der Waals surface area contributed by atoms with Gasteiger partial charge in [0.1, 0.15) is 5.82 Å². The van der Waals surface area contributed by atoms with E-state index in [-0.39, 0.29) is 6.61 Å². The van der Waals surface area contributed by atoms with E-state index in [1.54, 1.807) is 6.20 Å². The molecule has 0 aliphatic carbocycles. The lowest BCUT2D eigenvalue weighted by molar-refractivity contribution is 0.311. The number of benzene rings is 1. The summed E-state index contributed by atoms with van der Waals surface area (Å²) in [6.07, 6.45) is 3.57. The molecule has 0 radical (unpaired) electrons. The Labute approximate surface area is 140 Å². The van der Waals surface area contributed by atoms with Crippen LogP contribution in [0.15, 0.2) is 60.9 Å². The molecule has 0 aliphatic heterocycles. The van der Waals surface area contributed by atoms with Crippen molar-refractivity contribution in [2.45, 2.75) is 6.54 Å². The van der Waals surface area contributed by atoms with E-state index in [0.29, 0.717) is 24.9 Å². The van der Waals surface area contributed by atoms with Crippen molar-refractivity contribution >= 4 is 11.8 Å². The number of nitrogens with one attached hydrogen (secondary N) is 2. The molecule has 0 spiro atoms. The summed E-state index contributed by atoms with van der Waals surface area (Å²) in [4.78, 5) is 13.1. The zero-order valence-electron chi connectivity index (χ0n) is 13.2. The summed E-state index contributed by atoms with van der Waals surface area (Å²) in [5, 5.41) is 15.3.